The third kappa shape index (κ3) is 1.65. The van der Waals surface area contributed by atoms with Gasteiger partial charge >= 0.3 is 0 Å². The average Bonchev–Trinajstić information content (AvgIpc) is 3.00. The topological polar surface area (TPSA) is 42.2 Å². The number of hydrogen-bond donors (Lipinski definition) is 1. The van der Waals surface area contributed by atoms with Crippen LogP contribution in [0.5, 0.6) is 0 Å². The minimum Gasteiger partial charge on any atom is -0.370 e. The van der Waals surface area contributed by atoms with Crippen LogP contribution in [0.15, 0.2) is 18.5 Å². The number of anilines is 1. The summed E-state index contributed by atoms with van der Waals surface area (Å²) in [5.74, 6) is 0. The second-order valence-corrected chi connectivity index (χ2v) is 3.55. The van der Waals surface area contributed by atoms with E-state index in [0.29, 0.717) is 6.54 Å². The number of aromatic nitrogens is 1. The molecule has 0 bridgehead atoms. The van der Waals surface area contributed by atoms with Crippen LogP contribution in [0.1, 0.15) is 18.4 Å². The second kappa shape index (κ2) is 3.34. The van der Waals surface area contributed by atoms with Crippen LogP contribution in [0.3, 0.4) is 0 Å². The van der Waals surface area contributed by atoms with Gasteiger partial charge in [-0.3, -0.25) is 4.98 Å². The molecule has 0 atom stereocenters. The predicted octanol–water partition coefficient (Wildman–Crippen LogP) is 1.14. The molecule has 2 rings (SSSR count). The number of pyridine rings is 1. The van der Waals surface area contributed by atoms with Crippen molar-refractivity contribution in [2.45, 2.75) is 25.4 Å². The summed E-state index contributed by atoms with van der Waals surface area (Å²) in [5.41, 5.74) is 8.03. The van der Waals surface area contributed by atoms with Crippen LogP contribution in [0.25, 0.3) is 0 Å². The Morgan fingerprint density at radius 3 is 3.00 bits per heavy atom. The van der Waals surface area contributed by atoms with E-state index in [4.69, 9.17) is 5.73 Å². The fourth-order valence-electron chi connectivity index (χ4n) is 1.56. The van der Waals surface area contributed by atoms with Crippen molar-refractivity contribution in [2.75, 3.05) is 11.9 Å². The molecule has 1 aliphatic carbocycles. The number of nitrogens with zero attached hydrogens (tertiary/aromatic N) is 2. The van der Waals surface area contributed by atoms with Gasteiger partial charge in [0, 0.05) is 25.8 Å². The minimum absolute atomic E-state index is 0.592. The first-order chi connectivity index (χ1) is 6.33. The lowest BCUT2D eigenvalue weighted by atomic mass is 10.2. The van der Waals surface area contributed by atoms with Crippen molar-refractivity contribution in [3.05, 3.63) is 24.0 Å². The molecule has 0 aliphatic heterocycles. The van der Waals surface area contributed by atoms with Crippen molar-refractivity contribution in [2.24, 2.45) is 5.73 Å². The summed E-state index contributed by atoms with van der Waals surface area (Å²) < 4.78 is 0. The zero-order valence-corrected chi connectivity index (χ0v) is 7.90. The van der Waals surface area contributed by atoms with Crippen LogP contribution in [0.2, 0.25) is 0 Å². The largest absolute Gasteiger partial charge is 0.370 e. The molecule has 1 aromatic rings. The van der Waals surface area contributed by atoms with Gasteiger partial charge in [-0.05, 0) is 24.5 Å². The Bertz CT molecular complexity index is 294. The van der Waals surface area contributed by atoms with Crippen LogP contribution in [0, 0.1) is 0 Å². The molecule has 70 valence electrons. The monoisotopic (exact) mass is 177 g/mol. The van der Waals surface area contributed by atoms with E-state index in [2.05, 4.69) is 16.9 Å². The maximum absolute atomic E-state index is 5.65. The number of hydrogen-bond acceptors (Lipinski definition) is 3. The first-order valence-electron chi connectivity index (χ1n) is 4.68. The SMILES string of the molecule is CN(c1cnccc1CN)C1CC1. The summed E-state index contributed by atoms with van der Waals surface area (Å²) in [7, 11) is 2.12. The van der Waals surface area contributed by atoms with E-state index >= 15 is 0 Å². The summed E-state index contributed by atoms with van der Waals surface area (Å²) in [6, 6.07) is 2.71. The molecule has 3 heteroatoms. The van der Waals surface area contributed by atoms with Crippen molar-refractivity contribution in [1.29, 1.82) is 0 Å². The Balaban J connectivity index is 2.26. The van der Waals surface area contributed by atoms with E-state index in [-0.39, 0.29) is 0 Å². The van der Waals surface area contributed by atoms with Gasteiger partial charge in [0.25, 0.3) is 0 Å². The molecule has 0 amide bonds. The van der Waals surface area contributed by atoms with Crippen molar-refractivity contribution in [3.63, 3.8) is 0 Å². The Labute approximate surface area is 78.6 Å². The summed E-state index contributed by atoms with van der Waals surface area (Å²) >= 11 is 0. The summed E-state index contributed by atoms with van der Waals surface area (Å²) in [5, 5.41) is 0. The first-order valence-corrected chi connectivity index (χ1v) is 4.68. The fourth-order valence-corrected chi connectivity index (χ4v) is 1.56. The highest BCUT2D eigenvalue weighted by atomic mass is 15.2. The van der Waals surface area contributed by atoms with Gasteiger partial charge < -0.3 is 10.6 Å². The highest BCUT2D eigenvalue weighted by molar-refractivity contribution is 5.52. The minimum atomic E-state index is 0.592. The molecular weight excluding hydrogens is 162 g/mol. The van der Waals surface area contributed by atoms with E-state index in [1.807, 2.05) is 12.3 Å². The molecule has 0 aromatic carbocycles. The molecule has 1 saturated carbocycles. The molecule has 1 fully saturated rings. The van der Waals surface area contributed by atoms with Crippen molar-refractivity contribution >= 4 is 5.69 Å². The molecule has 1 aliphatic rings. The molecule has 3 nitrogen and oxygen atoms in total. The first kappa shape index (κ1) is 8.51. The molecule has 2 N–H and O–H groups in total. The quantitative estimate of drug-likeness (QED) is 0.752. The molecule has 1 heterocycles. The lowest BCUT2D eigenvalue weighted by molar-refractivity contribution is 0.892. The van der Waals surface area contributed by atoms with Crippen molar-refractivity contribution in [1.82, 2.24) is 4.98 Å². The average molecular weight is 177 g/mol. The Hall–Kier alpha value is -1.09. The van der Waals surface area contributed by atoms with Crippen molar-refractivity contribution < 1.29 is 0 Å². The Morgan fingerprint density at radius 2 is 2.38 bits per heavy atom. The molecule has 0 radical (unpaired) electrons. The number of rotatable bonds is 3. The van der Waals surface area contributed by atoms with Gasteiger partial charge in [0.1, 0.15) is 0 Å². The molecule has 0 spiro atoms. The van der Waals surface area contributed by atoms with Gasteiger partial charge in [0.2, 0.25) is 0 Å². The maximum atomic E-state index is 5.65. The van der Waals surface area contributed by atoms with Gasteiger partial charge in [0.05, 0.1) is 11.9 Å². The van der Waals surface area contributed by atoms with E-state index in [1.165, 1.54) is 24.1 Å². The normalized spacial score (nSPS) is 15.8. The zero-order valence-electron chi connectivity index (χ0n) is 7.90. The third-order valence-electron chi connectivity index (χ3n) is 2.58. The van der Waals surface area contributed by atoms with Gasteiger partial charge in [0.15, 0.2) is 0 Å². The van der Waals surface area contributed by atoms with Crippen LogP contribution >= 0.6 is 0 Å². The van der Waals surface area contributed by atoms with E-state index < -0.39 is 0 Å². The Kier molecular flexibility index (Phi) is 2.19. The van der Waals surface area contributed by atoms with E-state index in [0.717, 1.165) is 6.04 Å². The smallest absolute Gasteiger partial charge is 0.0598 e. The predicted molar refractivity (Wildman–Crippen MR) is 53.6 cm³/mol. The third-order valence-corrected chi connectivity index (χ3v) is 2.58. The zero-order chi connectivity index (χ0) is 9.26. The second-order valence-electron chi connectivity index (χ2n) is 3.55. The summed E-state index contributed by atoms with van der Waals surface area (Å²) in [4.78, 5) is 6.41. The van der Waals surface area contributed by atoms with Gasteiger partial charge in [-0.25, -0.2) is 0 Å². The highest BCUT2D eigenvalue weighted by Gasteiger charge is 2.27. The van der Waals surface area contributed by atoms with Crippen LogP contribution in [0.4, 0.5) is 5.69 Å². The standard InChI is InChI=1S/C10H15N3/c1-13(9-2-3-9)10-7-12-5-4-8(10)6-11/h4-5,7,9H,2-3,6,11H2,1H3. The lowest BCUT2D eigenvalue weighted by Crippen LogP contribution is -2.21. The molecule has 13 heavy (non-hydrogen) atoms. The summed E-state index contributed by atoms with van der Waals surface area (Å²) in [6.07, 6.45) is 6.30. The molecule has 1 aromatic heterocycles. The molecule has 0 saturated heterocycles. The fraction of sp³-hybridized carbons (Fsp3) is 0.500. The van der Waals surface area contributed by atoms with Crippen LogP contribution in [-0.2, 0) is 6.54 Å². The highest BCUT2D eigenvalue weighted by Crippen LogP contribution is 2.31. The summed E-state index contributed by atoms with van der Waals surface area (Å²) in [6.45, 7) is 0.592. The van der Waals surface area contributed by atoms with Crippen LogP contribution in [-0.4, -0.2) is 18.1 Å². The van der Waals surface area contributed by atoms with Gasteiger partial charge in [-0.1, -0.05) is 0 Å². The lowest BCUT2D eigenvalue weighted by Gasteiger charge is -2.20. The Morgan fingerprint density at radius 1 is 1.62 bits per heavy atom. The van der Waals surface area contributed by atoms with Gasteiger partial charge in [-0.15, -0.1) is 0 Å². The van der Waals surface area contributed by atoms with E-state index in [1.54, 1.807) is 6.20 Å². The van der Waals surface area contributed by atoms with E-state index in [9.17, 15) is 0 Å². The van der Waals surface area contributed by atoms with Crippen molar-refractivity contribution in [3.8, 4) is 0 Å². The molecule has 0 unspecified atom stereocenters. The van der Waals surface area contributed by atoms with Crippen LogP contribution < -0.4 is 10.6 Å². The maximum Gasteiger partial charge on any atom is 0.0598 e. The van der Waals surface area contributed by atoms with Gasteiger partial charge in [-0.2, -0.15) is 0 Å². The number of nitrogens with two attached hydrogens (primary N) is 1. The molecular formula is C10H15N3.